The first-order chi connectivity index (χ1) is 17.3. The number of carbonyl (C=O) groups excluding carboxylic acids is 2. The summed E-state index contributed by atoms with van der Waals surface area (Å²) >= 11 is 0. The number of rotatable bonds is 8. The van der Waals surface area contributed by atoms with Gasteiger partial charge in [-0.1, -0.05) is 6.07 Å². The van der Waals surface area contributed by atoms with E-state index in [1.165, 1.54) is 19.2 Å². The molecule has 1 saturated carbocycles. The molecule has 2 aromatic heterocycles. The summed E-state index contributed by atoms with van der Waals surface area (Å²) in [5, 5.41) is 10.4. The molecule has 0 bridgehead atoms. The van der Waals surface area contributed by atoms with Crippen molar-refractivity contribution in [1.82, 2.24) is 35.4 Å². The molecular formula is C25H30FN7O3. The second kappa shape index (κ2) is 11.2. The lowest BCUT2D eigenvalue weighted by atomic mass is 9.86. The van der Waals surface area contributed by atoms with E-state index in [0.29, 0.717) is 28.8 Å². The molecule has 0 atom stereocenters. The van der Waals surface area contributed by atoms with Crippen LogP contribution in [0.2, 0.25) is 0 Å². The first-order valence-corrected chi connectivity index (χ1v) is 11.9. The molecule has 10 nitrogen and oxygen atoms in total. The molecule has 1 fully saturated rings. The monoisotopic (exact) mass is 495 g/mol. The van der Waals surface area contributed by atoms with E-state index < -0.39 is 5.82 Å². The van der Waals surface area contributed by atoms with Gasteiger partial charge in [-0.05, 0) is 62.3 Å². The SMILES string of the molecule is COc1cc(CNC(=O)c2cc(-c3ncn(C[C@H]4CC[C@H](NC(C)=O)CC4)n3)nc(C)n2)ccc1F. The summed E-state index contributed by atoms with van der Waals surface area (Å²) in [6.07, 6.45) is 5.61. The zero-order valence-corrected chi connectivity index (χ0v) is 20.6. The number of hydrogen-bond acceptors (Lipinski definition) is 7. The molecule has 1 aromatic carbocycles. The first kappa shape index (κ1) is 25.2. The zero-order chi connectivity index (χ0) is 25.7. The molecule has 1 aliphatic carbocycles. The largest absolute Gasteiger partial charge is 0.494 e. The fourth-order valence-corrected chi connectivity index (χ4v) is 4.43. The number of ether oxygens (including phenoxy) is 1. The number of carbonyl (C=O) groups is 2. The molecule has 0 saturated heterocycles. The maximum atomic E-state index is 13.6. The van der Waals surface area contributed by atoms with Gasteiger partial charge >= 0.3 is 0 Å². The Balaban J connectivity index is 1.38. The molecule has 11 heteroatoms. The van der Waals surface area contributed by atoms with E-state index in [9.17, 15) is 14.0 Å². The normalized spacial score (nSPS) is 17.4. The third-order valence-corrected chi connectivity index (χ3v) is 6.20. The summed E-state index contributed by atoms with van der Waals surface area (Å²) in [5.41, 5.74) is 1.35. The number of methoxy groups -OCH3 is 1. The van der Waals surface area contributed by atoms with Crippen LogP contribution >= 0.6 is 0 Å². The zero-order valence-electron chi connectivity index (χ0n) is 20.6. The lowest BCUT2D eigenvalue weighted by Crippen LogP contribution is -2.36. The number of aromatic nitrogens is 5. The Labute approximate surface area is 208 Å². The highest BCUT2D eigenvalue weighted by molar-refractivity contribution is 5.93. The minimum Gasteiger partial charge on any atom is -0.494 e. The highest BCUT2D eigenvalue weighted by atomic mass is 19.1. The number of aryl methyl sites for hydroxylation is 1. The molecule has 0 spiro atoms. The fourth-order valence-electron chi connectivity index (χ4n) is 4.43. The van der Waals surface area contributed by atoms with Crippen LogP contribution in [0.5, 0.6) is 5.75 Å². The van der Waals surface area contributed by atoms with Crippen LogP contribution in [-0.4, -0.2) is 49.7 Å². The van der Waals surface area contributed by atoms with Crippen LogP contribution in [0.25, 0.3) is 11.5 Å². The van der Waals surface area contributed by atoms with Gasteiger partial charge in [0, 0.05) is 26.1 Å². The molecule has 36 heavy (non-hydrogen) atoms. The van der Waals surface area contributed by atoms with Gasteiger partial charge in [-0.2, -0.15) is 0 Å². The Morgan fingerprint density at radius 1 is 1.17 bits per heavy atom. The van der Waals surface area contributed by atoms with Crippen molar-refractivity contribution in [2.75, 3.05) is 7.11 Å². The van der Waals surface area contributed by atoms with E-state index in [0.717, 1.165) is 32.2 Å². The van der Waals surface area contributed by atoms with Crippen LogP contribution in [0.1, 0.15) is 54.5 Å². The van der Waals surface area contributed by atoms with Crippen LogP contribution < -0.4 is 15.4 Å². The maximum Gasteiger partial charge on any atom is 0.270 e. The fraction of sp³-hybridized carbons (Fsp3) is 0.440. The van der Waals surface area contributed by atoms with Crippen molar-refractivity contribution in [1.29, 1.82) is 0 Å². The van der Waals surface area contributed by atoms with Gasteiger partial charge in [0.05, 0.1) is 7.11 Å². The van der Waals surface area contributed by atoms with Crippen LogP contribution in [0, 0.1) is 18.7 Å². The van der Waals surface area contributed by atoms with E-state index in [1.807, 2.05) is 0 Å². The minimum absolute atomic E-state index is 0.0169. The van der Waals surface area contributed by atoms with Crippen molar-refractivity contribution in [2.24, 2.45) is 5.92 Å². The Hall–Kier alpha value is -3.89. The molecule has 2 N–H and O–H groups in total. The summed E-state index contributed by atoms with van der Waals surface area (Å²) in [5.74, 6) is 0.586. The smallest absolute Gasteiger partial charge is 0.270 e. The van der Waals surface area contributed by atoms with E-state index >= 15 is 0 Å². The molecule has 2 heterocycles. The average molecular weight is 496 g/mol. The summed E-state index contributed by atoms with van der Waals surface area (Å²) in [6.45, 7) is 4.18. The summed E-state index contributed by atoms with van der Waals surface area (Å²) in [6, 6.07) is 6.23. The van der Waals surface area contributed by atoms with Crippen LogP contribution in [0.15, 0.2) is 30.6 Å². The van der Waals surface area contributed by atoms with E-state index in [4.69, 9.17) is 4.74 Å². The number of benzene rings is 1. The van der Waals surface area contributed by atoms with Gasteiger partial charge < -0.3 is 15.4 Å². The average Bonchev–Trinajstić information content (AvgIpc) is 3.32. The standard InChI is InChI=1S/C25H30FN7O3/c1-15-29-21(11-22(30-15)25(35)27-12-18-6-9-20(26)23(10-18)36-3)24-28-14-33(32-24)13-17-4-7-19(8-5-17)31-16(2)34/h6,9-11,14,17,19H,4-5,7-8,12-13H2,1-3H3,(H,27,35)(H,31,34)/t17-,19-. The third kappa shape index (κ3) is 6.41. The molecule has 0 aliphatic heterocycles. The van der Waals surface area contributed by atoms with Gasteiger partial charge in [0.2, 0.25) is 5.91 Å². The van der Waals surface area contributed by atoms with Gasteiger partial charge in [-0.3, -0.25) is 14.3 Å². The van der Waals surface area contributed by atoms with Crippen molar-refractivity contribution in [3.63, 3.8) is 0 Å². The van der Waals surface area contributed by atoms with Gasteiger partial charge in [0.15, 0.2) is 17.4 Å². The number of nitrogens with zero attached hydrogens (tertiary/aromatic N) is 5. The first-order valence-electron chi connectivity index (χ1n) is 11.9. The van der Waals surface area contributed by atoms with E-state index in [2.05, 4.69) is 30.7 Å². The third-order valence-electron chi connectivity index (χ3n) is 6.20. The maximum absolute atomic E-state index is 13.6. The predicted molar refractivity (Wildman–Crippen MR) is 129 cm³/mol. The van der Waals surface area contributed by atoms with E-state index in [-0.39, 0.29) is 35.8 Å². The molecule has 0 radical (unpaired) electrons. The summed E-state index contributed by atoms with van der Waals surface area (Å²) in [7, 11) is 1.39. The number of nitrogens with one attached hydrogen (secondary N) is 2. The van der Waals surface area contributed by atoms with Crippen molar-refractivity contribution < 1.29 is 18.7 Å². The molecular weight excluding hydrogens is 465 g/mol. The second-order valence-electron chi connectivity index (χ2n) is 9.05. The summed E-state index contributed by atoms with van der Waals surface area (Å²) in [4.78, 5) is 37.1. The predicted octanol–water partition coefficient (Wildman–Crippen LogP) is 2.82. The lowest BCUT2D eigenvalue weighted by Gasteiger charge is -2.28. The van der Waals surface area contributed by atoms with Crippen molar-refractivity contribution in [2.45, 2.75) is 58.7 Å². The number of halogens is 1. The van der Waals surface area contributed by atoms with Crippen molar-refractivity contribution in [3.8, 4) is 17.3 Å². The Kier molecular flexibility index (Phi) is 7.87. The molecule has 190 valence electrons. The molecule has 1 aliphatic rings. The quantitative estimate of drug-likeness (QED) is 0.492. The van der Waals surface area contributed by atoms with E-state index in [1.54, 1.807) is 37.0 Å². The Morgan fingerprint density at radius 3 is 2.67 bits per heavy atom. The minimum atomic E-state index is -0.465. The van der Waals surface area contributed by atoms with Crippen LogP contribution in [-0.2, 0) is 17.9 Å². The van der Waals surface area contributed by atoms with Crippen molar-refractivity contribution >= 4 is 11.8 Å². The summed E-state index contributed by atoms with van der Waals surface area (Å²) < 4.78 is 20.4. The van der Waals surface area contributed by atoms with Gasteiger partial charge in [0.25, 0.3) is 5.91 Å². The Bertz CT molecular complexity index is 1240. The number of amides is 2. The van der Waals surface area contributed by atoms with Crippen LogP contribution in [0.4, 0.5) is 4.39 Å². The van der Waals surface area contributed by atoms with Gasteiger partial charge in [-0.15, -0.1) is 5.10 Å². The molecule has 0 unspecified atom stereocenters. The number of hydrogen-bond donors (Lipinski definition) is 2. The lowest BCUT2D eigenvalue weighted by molar-refractivity contribution is -0.119. The van der Waals surface area contributed by atoms with Crippen LogP contribution in [0.3, 0.4) is 0 Å². The van der Waals surface area contributed by atoms with Gasteiger partial charge in [0.1, 0.15) is 23.5 Å². The Morgan fingerprint density at radius 2 is 1.94 bits per heavy atom. The molecule has 3 aromatic rings. The second-order valence-corrected chi connectivity index (χ2v) is 9.05. The highest BCUT2D eigenvalue weighted by Gasteiger charge is 2.22. The molecule has 2 amide bonds. The topological polar surface area (TPSA) is 124 Å². The highest BCUT2D eigenvalue weighted by Crippen LogP contribution is 2.26. The van der Waals surface area contributed by atoms with Gasteiger partial charge in [-0.25, -0.2) is 19.3 Å². The van der Waals surface area contributed by atoms with Crippen molar-refractivity contribution in [3.05, 3.63) is 53.5 Å². The molecule has 4 rings (SSSR count).